The van der Waals surface area contributed by atoms with Crippen LogP contribution in [0.1, 0.15) is 119 Å². The average molecular weight is 1040 g/mol. The first-order valence-electron chi connectivity index (χ1n) is 28.8. The predicted molar refractivity (Wildman–Crippen MR) is 340 cm³/mol. The summed E-state index contributed by atoms with van der Waals surface area (Å²) in [5.41, 5.74) is 21.1. The van der Waals surface area contributed by atoms with Crippen LogP contribution in [0.2, 0.25) is 0 Å². The van der Waals surface area contributed by atoms with Gasteiger partial charge in [0.25, 0.3) is 0 Å². The highest BCUT2D eigenvalue weighted by molar-refractivity contribution is 6.17. The third-order valence-corrected chi connectivity index (χ3v) is 17.5. The number of nitriles is 1. The van der Waals surface area contributed by atoms with E-state index in [1.165, 1.54) is 49.4 Å². The van der Waals surface area contributed by atoms with E-state index < -0.39 is 0 Å². The second-order valence-corrected chi connectivity index (χ2v) is 23.4. The molecule has 0 saturated carbocycles. The number of para-hydroxylation sites is 4. The van der Waals surface area contributed by atoms with Gasteiger partial charge in [0.2, 0.25) is 0 Å². The molecule has 5 heteroatoms. The summed E-state index contributed by atoms with van der Waals surface area (Å²) in [4.78, 5) is 0. The zero-order valence-corrected chi connectivity index (χ0v) is 47.2. The molecule has 0 spiro atoms. The fourth-order valence-electron chi connectivity index (χ4n) is 13.2. The molecule has 0 amide bonds. The first-order chi connectivity index (χ1) is 38.9. The Labute approximate surface area is 468 Å². The maximum absolute atomic E-state index is 13.0. The van der Waals surface area contributed by atoms with Crippen LogP contribution in [-0.4, -0.2) is 18.3 Å². The van der Waals surface area contributed by atoms with Crippen molar-refractivity contribution >= 4 is 87.2 Å². The van der Waals surface area contributed by atoms with Crippen LogP contribution >= 0.6 is 0 Å². The summed E-state index contributed by atoms with van der Waals surface area (Å²) in [6.07, 6.45) is 0.902. The van der Waals surface area contributed by atoms with Crippen molar-refractivity contribution in [2.24, 2.45) is 0 Å². The zero-order chi connectivity index (χ0) is 54.8. The van der Waals surface area contributed by atoms with Crippen LogP contribution in [0.3, 0.4) is 0 Å². The molecular formula is C75H65N5. The van der Waals surface area contributed by atoms with E-state index in [1.54, 1.807) is 0 Å². The Kier molecular flexibility index (Phi) is 11.6. The predicted octanol–water partition coefficient (Wildman–Crippen LogP) is 20.7. The number of hydrogen-bond donors (Lipinski definition) is 0. The monoisotopic (exact) mass is 1040 g/mol. The number of nitrogens with zero attached hydrogens (tertiary/aromatic N) is 5. The van der Waals surface area contributed by atoms with E-state index in [-0.39, 0.29) is 0 Å². The normalized spacial score (nSPS) is 12.3. The zero-order valence-electron chi connectivity index (χ0n) is 47.2. The van der Waals surface area contributed by atoms with Crippen LogP contribution < -0.4 is 0 Å². The van der Waals surface area contributed by atoms with Gasteiger partial charge in [-0.15, -0.1) is 0 Å². The molecular weight excluding hydrogens is 971 g/mol. The number of benzene rings is 10. The molecule has 14 aromatic rings. The van der Waals surface area contributed by atoms with Crippen LogP contribution in [0.25, 0.3) is 121 Å². The first-order valence-corrected chi connectivity index (χ1v) is 28.8. The molecule has 0 bridgehead atoms. The lowest BCUT2D eigenvalue weighted by atomic mass is 9.92. The topological polar surface area (TPSA) is 43.5 Å². The number of aromatic nitrogens is 4. The SMILES string of the molecule is CCc1ccc(-c2c(-n3c4ccc(C(C)C)cc4c4cc(C(C)C)ccc43)c(-n3c4ccccc4c4ccccc43)c(C#N)c(-n3c4ccccc4c4ccccc43)c2-n2c3ccc(C(C)C)cc3c3cc(C(C)C)ccc32)cc1. The summed E-state index contributed by atoms with van der Waals surface area (Å²) in [6.45, 7) is 20.5. The lowest BCUT2D eigenvalue weighted by Crippen LogP contribution is -2.16. The highest BCUT2D eigenvalue weighted by atomic mass is 15.1. The van der Waals surface area contributed by atoms with Gasteiger partial charge in [-0.3, -0.25) is 0 Å². The van der Waals surface area contributed by atoms with Gasteiger partial charge in [-0.2, -0.15) is 5.26 Å². The number of hydrogen-bond acceptors (Lipinski definition) is 1. The van der Waals surface area contributed by atoms with Gasteiger partial charge in [0, 0.05) is 48.7 Å². The van der Waals surface area contributed by atoms with Crippen molar-refractivity contribution in [1.82, 2.24) is 18.3 Å². The first kappa shape index (κ1) is 49.2. The van der Waals surface area contributed by atoms with Gasteiger partial charge in [-0.05, 0) is 136 Å². The minimum Gasteiger partial charge on any atom is -0.306 e. The smallest absolute Gasteiger partial charge is 0.104 e. The Balaban J connectivity index is 1.35. The summed E-state index contributed by atoms with van der Waals surface area (Å²) in [5.74, 6) is 1.27. The molecule has 4 heterocycles. The molecule has 0 atom stereocenters. The highest BCUT2D eigenvalue weighted by Gasteiger charge is 2.35. The molecule has 0 radical (unpaired) electrons. The number of rotatable bonds is 10. The minimum atomic E-state index is 0.317. The van der Waals surface area contributed by atoms with Crippen molar-refractivity contribution in [2.45, 2.75) is 92.4 Å². The van der Waals surface area contributed by atoms with Crippen molar-refractivity contribution in [3.63, 3.8) is 0 Å². The molecule has 5 nitrogen and oxygen atoms in total. The van der Waals surface area contributed by atoms with Gasteiger partial charge in [-0.25, -0.2) is 0 Å². The molecule has 0 fully saturated rings. The molecule has 4 aromatic heterocycles. The molecule has 10 aromatic carbocycles. The van der Waals surface area contributed by atoms with E-state index in [1.807, 2.05) is 0 Å². The quantitative estimate of drug-likeness (QED) is 0.135. The second-order valence-electron chi connectivity index (χ2n) is 23.4. The number of aryl methyl sites for hydroxylation is 1. The number of fused-ring (bicyclic) bond motifs is 12. The summed E-state index contributed by atoms with van der Waals surface area (Å²) in [6, 6.07) is 76.0. The van der Waals surface area contributed by atoms with Gasteiger partial charge >= 0.3 is 0 Å². The Bertz CT molecular complexity index is 4370. The molecule has 0 aliphatic rings. The third kappa shape index (κ3) is 7.28. The van der Waals surface area contributed by atoms with Gasteiger partial charge in [0.05, 0.1) is 66.9 Å². The molecule has 390 valence electrons. The van der Waals surface area contributed by atoms with Gasteiger partial charge in [0.15, 0.2) is 0 Å². The van der Waals surface area contributed by atoms with Crippen LogP contribution in [0.5, 0.6) is 0 Å². The van der Waals surface area contributed by atoms with Crippen LogP contribution in [0.4, 0.5) is 0 Å². The Morgan fingerprint density at radius 1 is 0.325 bits per heavy atom. The Morgan fingerprint density at radius 3 is 0.875 bits per heavy atom. The third-order valence-electron chi connectivity index (χ3n) is 17.5. The summed E-state index contributed by atoms with van der Waals surface area (Å²) in [5, 5.41) is 22.3. The fourth-order valence-corrected chi connectivity index (χ4v) is 13.2. The van der Waals surface area contributed by atoms with E-state index in [0.29, 0.717) is 29.2 Å². The molecule has 0 unspecified atom stereocenters. The van der Waals surface area contributed by atoms with E-state index in [4.69, 9.17) is 0 Å². The molecule has 14 rings (SSSR count). The second kappa shape index (κ2) is 18.8. The van der Waals surface area contributed by atoms with Crippen LogP contribution in [0, 0.1) is 11.3 Å². The van der Waals surface area contributed by atoms with Gasteiger partial charge in [0.1, 0.15) is 11.6 Å². The maximum Gasteiger partial charge on any atom is 0.104 e. The molecule has 0 aliphatic heterocycles. The maximum atomic E-state index is 13.0. The summed E-state index contributed by atoms with van der Waals surface area (Å²) < 4.78 is 9.95. The molecule has 80 heavy (non-hydrogen) atoms. The minimum absolute atomic E-state index is 0.317. The lowest BCUT2D eigenvalue weighted by Gasteiger charge is -2.29. The van der Waals surface area contributed by atoms with Gasteiger partial charge in [-0.1, -0.05) is 184 Å². The van der Waals surface area contributed by atoms with E-state index in [9.17, 15) is 5.26 Å². The van der Waals surface area contributed by atoms with E-state index in [0.717, 1.165) is 106 Å². The molecule has 0 N–H and O–H groups in total. The fraction of sp³-hybridized carbons (Fsp3) is 0.187. The van der Waals surface area contributed by atoms with Crippen LogP contribution in [0.15, 0.2) is 194 Å². The van der Waals surface area contributed by atoms with Gasteiger partial charge < -0.3 is 18.3 Å². The van der Waals surface area contributed by atoms with E-state index in [2.05, 4.69) is 281 Å². The average Bonchev–Trinajstić information content (AvgIpc) is 3.83. The van der Waals surface area contributed by atoms with Crippen molar-refractivity contribution in [3.05, 3.63) is 228 Å². The van der Waals surface area contributed by atoms with E-state index >= 15 is 0 Å². The molecule has 0 saturated heterocycles. The van der Waals surface area contributed by atoms with Crippen molar-refractivity contribution in [1.29, 1.82) is 5.26 Å². The Hall–Kier alpha value is -9.11. The largest absolute Gasteiger partial charge is 0.306 e. The summed E-state index contributed by atoms with van der Waals surface area (Å²) in [7, 11) is 0. The Morgan fingerprint density at radius 2 is 0.600 bits per heavy atom. The van der Waals surface area contributed by atoms with Crippen molar-refractivity contribution in [3.8, 4) is 39.9 Å². The standard InChI is InChI=1S/C75H65N5/c1-10-48-27-29-49(30-28-48)71-74(79-67-35-31-50(44(2)3)39-58(67)59-40-51(45(4)5)32-36-68(59)79)72(77-63-23-15-11-19-54(63)55-20-12-16-24-64(55)77)62(43-76)73(78-65-25-17-13-21-56(65)57-22-14-18-26-66(57)78)75(71)80-69-37-33-52(46(6)7)41-60(69)61-42-53(47(8)9)34-38-70(61)80/h11-42,44-47H,10H2,1-9H3. The lowest BCUT2D eigenvalue weighted by molar-refractivity contribution is 0.868. The van der Waals surface area contributed by atoms with Crippen molar-refractivity contribution < 1.29 is 0 Å². The molecule has 0 aliphatic carbocycles. The summed E-state index contributed by atoms with van der Waals surface area (Å²) >= 11 is 0. The van der Waals surface area contributed by atoms with Crippen molar-refractivity contribution in [2.75, 3.05) is 0 Å². The van der Waals surface area contributed by atoms with Crippen LogP contribution in [-0.2, 0) is 6.42 Å². The highest BCUT2D eigenvalue weighted by Crippen LogP contribution is 2.52.